The lowest BCUT2D eigenvalue weighted by Gasteiger charge is -2.36. The topological polar surface area (TPSA) is 65.6 Å². The number of aromatic nitrogens is 1. The smallest absolute Gasteiger partial charge is 0.410 e. The van der Waals surface area contributed by atoms with Crippen LogP contribution < -0.4 is 0 Å². The molecule has 176 valence electrons. The van der Waals surface area contributed by atoms with Crippen molar-refractivity contribution in [3.05, 3.63) is 35.0 Å². The van der Waals surface area contributed by atoms with Crippen LogP contribution in [-0.4, -0.2) is 64.7 Å². The number of alkyl halides is 3. The van der Waals surface area contributed by atoms with Gasteiger partial charge in [-0.15, -0.1) is 0 Å². The number of rotatable bonds is 4. The first-order valence-corrected chi connectivity index (χ1v) is 10.8. The Morgan fingerprint density at radius 3 is 2.62 bits per heavy atom. The Morgan fingerprint density at radius 1 is 1.25 bits per heavy atom. The number of amides is 2. The minimum Gasteiger partial charge on any atom is -0.444 e. The highest BCUT2D eigenvalue weighted by Gasteiger charge is 2.36. The highest BCUT2D eigenvalue weighted by molar-refractivity contribution is 6.31. The molecule has 1 N–H and O–H groups in total. The number of H-pyrrole nitrogens is 1. The number of fused-ring (bicyclic) bond motifs is 1. The van der Waals surface area contributed by atoms with E-state index in [4.69, 9.17) is 16.3 Å². The van der Waals surface area contributed by atoms with Crippen molar-refractivity contribution in [2.24, 2.45) is 5.92 Å². The van der Waals surface area contributed by atoms with Gasteiger partial charge in [0, 0.05) is 35.6 Å². The second kappa shape index (κ2) is 9.21. The number of ether oxygens (including phenoxy) is 1. The van der Waals surface area contributed by atoms with Crippen LogP contribution in [0.1, 0.15) is 44.1 Å². The summed E-state index contributed by atoms with van der Waals surface area (Å²) in [7, 11) is 0. The van der Waals surface area contributed by atoms with E-state index in [9.17, 15) is 22.8 Å². The average molecular weight is 474 g/mol. The Labute approximate surface area is 189 Å². The molecule has 32 heavy (non-hydrogen) atoms. The predicted molar refractivity (Wildman–Crippen MR) is 116 cm³/mol. The molecule has 1 atom stereocenters. The van der Waals surface area contributed by atoms with Crippen molar-refractivity contribution in [2.75, 3.05) is 26.2 Å². The first kappa shape index (κ1) is 24.2. The van der Waals surface area contributed by atoms with Crippen molar-refractivity contribution in [3.8, 4) is 0 Å². The van der Waals surface area contributed by atoms with Gasteiger partial charge >= 0.3 is 12.3 Å². The molecule has 3 rings (SSSR count). The van der Waals surface area contributed by atoms with Crippen LogP contribution in [0.2, 0.25) is 5.02 Å². The van der Waals surface area contributed by atoms with Crippen molar-refractivity contribution in [2.45, 2.75) is 45.4 Å². The quantitative estimate of drug-likeness (QED) is 0.640. The van der Waals surface area contributed by atoms with Gasteiger partial charge in [-0.2, -0.15) is 13.2 Å². The second-order valence-corrected chi connectivity index (χ2v) is 9.59. The molecule has 6 nitrogen and oxygen atoms in total. The summed E-state index contributed by atoms with van der Waals surface area (Å²) in [5.74, 6) is -1.04. The molecule has 1 aliphatic rings. The van der Waals surface area contributed by atoms with Crippen molar-refractivity contribution >= 4 is 34.5 Å². The van der Waals surface area contributed by atoms with Gasteiger partial charge in [-0.25, -0.2) is 4.79 Å². The average Bonchev–Trinajstić information content (AvgIpc) is 3.08. The molecule has 1 saturated heterocycles. The number of aromatic amines is 1. The van der Waals surface area contributed by atoms with Crippen LogP contribution in [0.4, 0.5) is 18.0 Å². The normalized spacial score (nSPS) is 17.5. The number of piperidine rings is 1. The van der Waals surface area contributed by atoms with E-state index >= 15 is 0 Å². The van der Waals surface area contributed by atoms with E-state index in [1.807, 2.05) is 0 Å². The summed E-state index contributed by atoms with van der Waals surface area (Å²) in [6, 6.07) is 6.44. The highest BCUT2D eigenvalue weighted by atomic mass is 35.5. The van der Waals surface area contributed by atoms with Gasteiger partial charge in [0.25, 0.3) is 5.91 Å². The van der Waals surface area contributed by atoms with Crippen LogP contribution in [0.25, 0.3) is 10.9 Å². The maximum Gasteiger partial charge on any atom is 0.410 e. The number of carbonyl (C=O) groups excluding carboxylic acids is 2. The van der Waals surface area contributed by atoms with E-state index in [1.54, 1.807) is 39.0 Å². The zero-order chi connectivity index (χ0) is 23.7. The van der Waals surface area contributed by atoms with Crippen molar-refractivity contribution in [1.29, 1.82) is 0 Å². The molecule has 1 unspecified atom stereocenters. The van der Waals surface area contributed by atoms with Gasteiger partial charge in [0.05, 0.1) is 0 Å². The van der Waals surface area contributed by atoms with E-state index in [2.05, 4.69) is 4.98 Å². The molecule has 0 bridgehead atoms. The maximum absolute atomic E-state index is 13.3. The number of carbonyl (C=O) groups is 2. The van der Waals surface area contributed by atoms with E-state index in [0.29, 0.717) is 35.3 Å². The van der Waals surface area contributed by atoms with Crippen molar-refractivity contribution < 1.29 is 27.5 Å². The van der Waals surface area contributed by atoms with Gasteiger partial charge in [-0.1, -0.05) is 11.6 Å². The first-order chi connectivity index (χ1) is 14.8. The molecule has 2 amide bonds. The third kappa shape index (κ3) is 6.54. The summed E-state index contributed by atoms with van der Waals surface area (Å²) in [4.78, 5) is 30.6. The van der Waals surface area contributed by atoms with Gasteiger partial charge in [0.15, 0.2) is 0 Å². The van der Waals surface area contributed by atoms with Gasteiger partial charge in [0.2, 0.25) is 0 Å². The number of nitrogens with one attached hydrogen (secondary N) is 1. The minimum atomic E-state index is -4.55. The Balaban J connectivity index is 1.76. The largest absolute Gasteiger partial charge is 0.444 e. The molecule has 0 spiro atoms. The van der Waals surface area contributed by atoms with Crippen LogP contribution in [-0.2, 0) is 4.74 Å². The van der Waals surface area contributed by atoms with Gasteiger partial charge in [-0.3, -0.25) is 4.79 Å². The Hall–Kier alpha value is -2.42. The van der Waals surface area contributed by atoms with E-state index < -0.39 is 30.3 Å². The molecular formula is C22H27ClF3N3O3. The molecule has 0 aliphatic carbocycles. The molecule has 2 heterocycles. The fourth-order valence-corrected chi connectivity index (χ4v) is 4.02. The zero-order valence-corrected chi connectivity index (χ0v) is 19.0. The van der Waals surface area contributed by atoms with Gasteiger partial charge < -0.3 is 19.5 Å². The number of likely N-dealkylation sites (tertiary alicyclic amines) is 1. The van der Waals surface area contributed by atoms with E-state index in [1.165, 1.54) is 11.0 Å². The molecule has 1 fully saturated rings. The first-order valence-electron chi connectivity index (χ1n) is 10.4. The molecule has 2 aromatic rings. The molecule has 10 heteroatoms. The Morgan fingerprint density at radius 2 is 1.97 bits per heavy atom. The summed E-state index contributed by atoms with van der Waals surface area (Å²) in [6.07, 6.45) is -3.81. The van der Waals surface area contributed by atoms with Crippen LogP contribution in [0.3, 0.4) is 0 Å². The molecular weight excluding hydrogens is 447 g/mol. The summed E-state index contributed by atoms with van der Waals surface area (Å²) in [5.41, 5.74) is 0.00527. The number of nitrogens with zero attached hydrogens (tertiary/aromatic N) is 2. The monoisotopic (exact) mass is 473 g/mol. The number of hydrogen-bond acceptors (Lipinski definition) is 3. The van der Waals surface area contributed by atoms with E-state index in [-0.39, 0.29) is 24.7 Å². The van der Waals surface area contributed by atoms with Crippen LogP contribution in [0, 0.1) is 5.92 Å². The lowest BCUT2D eigenvalue weighted by molar-refractivity contribution is -0.142. The molecule has 0 radical (unpaired) electrons. The summed E-state index contributed by atoms with van der Waals surface area (Å²) < 4.78 is 45.2. The molecule has 1 aromatic carbocycles. The lowest BCUT2D eigenvalue weighted by Crippen LogP contribution is -2.48. The molecule has 1 aromatic heterocycles. The van der Waals surface area contributed by atoms with Crippen LogP contribution in [0.15, 0.2) is 24.3 Å². The second-order valence-electron chi connectivity index (χ2n) is 9.15. The SMILES string of the molecule is CC(C)(C)OC(=O)N1CCCC(CN(CC(F)(F)F)C(=O)c2cc3cc(Cl)ccc3[nH]2)C1. The summed E-state index contributed by atoms with van der Waals surface area (Å²) >= 11 is 5.96. The van der Waals surface area contributed by atoms with Crippen LogP contribution in [0.5, 0.6) is 0 Å². The van der Waals surface area contributed by atoms with Crippen molar-refractivity contribution in [1.82, 2.24) is 14.8 Å². The van der Waals surface area contributed by atoms with Crippen LogP contribution >= 0.6 is 11.6 Å². The fourth-order valence-electron chi connectivity index (χ4n) is 3.84. The number of hydrogen-bond donors (Lipinski definition) is 1. The van der Waals surface area contributed by atoms with Gasteiger partial charge in [0.1, 0.15) is 17.8 Å². The minimum absolute atomic E-state index is 0.0614. The number of halogens is 4. The third-order valence-corrected chi connectivity index (χ3v) is 5.35. The summed E-state index contributed by atoms with van der Waals surface area (Å²) in [5, 5.41) is 1.11. The van der Waals surface area contributed by atoms with E-state index in [0.717, 1.165) is 4.90 Å². The summed E-state index contributed by atoms with van der Waals surface area (Å²) in [6.45, 7) is 4.48. The molecule has 0 saturated carbocycles. The van der Waals surface area contributed by atoms with Gasteiger partial charge in [-0.05, 0) is 63.8 Å². The fraction of sp³-hybridized carbons (Fsp3) is 0.545. The maximum atomic E-state index is 13.3. The Kier molecular flexibility index (Phi) is 6.97. The zero-order valence-electron chi connectivity index (χ0n) is 18.3. The molecule has 1 aliphatic heterocycles. The number of benzene rings is 1. The Bertz CT molecular complexity index is 984. The third-order valence-electron chi connectivity index (χ3n) is 5.12. The lowest BCUT2D eigenvalue weighted by atomic mass is 9.97. The standard InChI is InChI=1S/C22H27ClF3N3O3/c1-21(2,3)32-20(31)28-8-4-5-14(11-28)12-29(13-22(24,25)26)19(30)18-10-15-9-16(23)6-7-17(15)27-18/h6-7,9-10,14,27H,4-5,8,11-13H2,1-3H3. The highest BCUT2D eigenvalue weighted by Crippen LogP contribution is 2.26. The van der Waals surface area contributed by atoms with Crippen molar-refractivity contribution in [3.63, 3.8) is 0 Å². The predicted octanol–water partition coefficient (Wildman–Crippen LogP) is 5.47.